The molecular weight excluding hydrogens is 331 g/mol. The number of rotatable bonds is 6. The van der Waals surface area contributed by atoms with Gasteiger partial charge in [-0.25, -0.2) is 4.39 Å². The molecule has 1 saturated heterocycles. The van der Waals surface area contributed by atoms with E-state index in [4.69, 9.17) is 4.74 Å². The van der Waals surface area contributed by atoms with Gasteiger partial charge in [-0.1, -0.05) is 29.8 Å². The zero-order chi connectivity index (χ0) is 18.5. The van der Waals surface area contributed by atoms with E-state index in [-0.39, 0.29) is 12.4 Å². The first-order valence-corrected chi connectivity index (χ1v) is 9.13. The van der Waals surface area contributed by atoms with Crippen molar-refractivity contribution in [2.45, 2.75) is 20.0 Å². The number of para-hydroxylation sites is 1. The summed E-state index contributed by atoms with van der Waals surface area (Å²) in [5.74, 6) is 0.641. The number of aryl methyl sites for hydroxylation is 2. The lowest BCUT2D eigenvalue weighted by Crippen LogP contribution is -2.49. The van der Waals surface area contributed by atoms with E-state index in [0.717, 1.165) is 37.5 Å². The van der Waals surface area contributed by atoms with E-state index in [1.807, 2.05) is 38.1 Å². The SMILES string of the molecule is Cc1ccc(OCC(O)CN2CCN(c3ccccc3F)CC2)c(C)c1. The second-order valence-corrected chi connectivity index (χ2v) is 6.97. The molecule has 0 aliphatic carbocycles. The summed E-state index contributed by atoms with van der Waals surface area (Å²) in [6.07, 6.45) is -0.546. The van der Waals surface area contributed by atoms with Crippen LogP contribution in [0.4, 0.5) is 10.1 Å². The topological polar surface area (TPSA) is 35.9 Å². The van der Waals surface area contributed by atoms with Gasteiger partial charge in [-0.3, -0.25) is 4.90 Å². The minimum absolute atomic E-state index is 0.178. The van der Waals surface area contributed by atoms with E-state index in [1.54, 1.807) is 6.07 Å². The number of benzene rings is 2. The molecule has 140 valence electrons. The zero-order valence-electron chi connectivity index (χ0n) is 15.5. The first kappa shape index (κ1) is 18.7. The van der Waals surface area contributed by atoms with Gasteiger partial charge in [-0.05, 0) is 37.6 Å². The van der Waals surface area contributed by atoms with Gasteiger partial charge < -0.3 is 14.7 Å². The number of aliphatic hydroxyl groups excluding tert-OH is 1. The molecule has 26 heavy (non-hydrogen) atoms. The van der Waals surface area contributed by atoms with Crippen LogP contribution in [0.1, 0.15) is 11.1 Å². The van der Waals surface area contributed by atoms with Crippen LogP contribution in [0.2, 0.25) is 0 Å². The summed E-state index contributed by atoms with van der Waals surface area (Å²) in [4.78, 5) is 4.26. The molecule has 0 amide bonds. The maximum atomic E-state index is 13.9. The third-order valence-electron chi connectivity index (χ3n) is 4.80. The van der Waals surface area contributed by atoms with E-state index in [1.165, 1.54) is 11.6 Å². The molecule has 0 radical (unpaired) electrons. The predicted octanol–water partition coefficient (Wildman–Crippen LogP) is 3.00. The second kappa shape index (κ2) is 8.52. The molecule has 0 bridgehead atoms. The van der Waals surface area contributed by atoms with Crippen molar-refractivity contribution in [2.24, 2.45) is 0 Å². The van der Waals surface area contributed by atoms with Crippen molar-refractivity contribution in [2.75, 3.05) is 44.2 Å². The van der Waals surface area contributed by atoms with Gasteiger partial charge in [0, 0.05) is 32.7 Å². The Kier molecular flexibility index (Phi) is 6.12. The molecule has 0 aromatic heterocycles. The molecule has 1 N–H and O–H groups in total. The van der Waals surface area contributed by atoms with Crippen LogP contribution in [-0.4, -0.2) is 55.4 Å². The molecule has 1 heterocycles. The molecule has 1 fully saturated rings. The number of hydrogen-bond donors (Lipinski definition) is 1. The smallest absolute Gasteiger partial charge is 0.146 e. The lowest BCUT2D eigenvalue weighted by molar-refractivity contribution is 0.0660. The zero-order valence-corrected chi connectivity index (χ0v) is 15.5. The minimum atomic E-state index is -0.546. The highest BCUT2D eigenvalue weighted by atomic mass is 19.1. The summed E-state index contributed by atoms with van der Waals surface area (Å²) in [5.41, 5.74) is 2.93. The number of aliphatic hydroxyl groups is 1. The molecule has 1 aliphatic heterocycles. The molecule has 0 spiro atoms. The molecule has 2 aromatic carbocycles. The Balaban J connectivity index is 1.44. The fraction of sp³-hybridized carbons (Fsp3) is 0.429. The quantitative estimate of drug-likeness (QED) is 0.861. The predicted molar refractivity (Wildman–Crippen MR) is 102 cm³/mol. The highest BCUT2D eigenvalue weighted by molar-refractivity contribution is 5.48. The van der Waals surface area contributed by atoms with Crippen molar-refractivity contribution >= 4 is 5.69 Å². The maximum absolute atomic E-state index is 13.9. The molecule has 1 aliphatic rings. The number of hydrogen-bond acceptors (Lipinski definition) is 4. The van der Waals surface area contributed by atoms with Crippen LogP contribution in [0.5, 0.6) is 5.75 Å². The Labute approximate surface area is 154 Å². The molecular formula is C21H27FN2O2. The van der Waals surface area contributed by atoms with Gasteiger partial charge in [-0.2, -0.15) is 0 Å². The number of ether oxygens (including phenoxy) is 1. The number of piperazine rings is 1. The Morgan fingerprint density at radius 1 is 1.08 bits per heavy atom. The molecule has 1 unspecified atom stereocenters. The Morgan fingerprint density at radius 3 is 2.50 bits per heavy atom. The maximum Gasteiger partial charge on any atom is 0.146 e. The second-order valence-electron chi connectivity index (χ2n) is 6.97. The fourth-order valence-electron chi connectivity index (χ4n) is 3.38. The average Bonchev–Trinajstić information content (AvgIpc) is 2.62. The summed E-state index contributed by atoms with van der Waals surface area (Å²) in [6, 6.07) is 12.9. The van der Waals surface area contributed by atoms with Crippen molar-refractivity contribution < 1.29 is 14.2 Å². The van der Waals surface area contributed by atoms with Crippen LogP contribution in [0.25, 0.3) is 0 Å². The van der Waals surface area contributed by atoms with Gasteiger partial charge in [-0.15, -0.1) is 0 Å². The van der Waals surface area contributed by atoms with Crippen LogP contribution >= 0.6 is 0 Å². The largest absolute Gasteiger partial charge is 0.491 e. The van der Waals surface area contributed by atoms with Crippen LogP contribution in [0.3, 0.4) is 0 Å². The van der Waals surface area contributed by atoms with E-state index < -0.39 is 6.10 Å². The van der Waals surface area contributed by atoms with Crippen molar-refractivity contribution in [1.29, 1.82) is 0 Å². The third kappa shape index (κ3) is 4.74. The third-order valence-corrected chi connectivity index (χ3v) is 4.80. The number of anilines is 1. The summed E-state index contributed by atoms with van der Waals surface area (Å²) >= 11 is 0. The van der Waals surface area contributed by atoms with Gasteiger partial charge in [0.2, 0.25) is 0 Å². The number of halogens is 1. The van der Waals surface area contributed by atoms with Gasteiger partial charge in [0.15, 0.2) is 0 Å². The van der Waals surface area contributed by atoms with Crippen LogP contribution in [-0.2, 0) is 0 Å². The van der Waals surface area contributed by atoms with Crippen molar-refractivity contribution in [1.82, 2.24) is 4.90 Å². The molecule has 1 atom stereocenters. The lowest BCUT2D eigenvalue weighted by Gasteiger charge is -2.37. The summed E-state index contributed by atoms with van der Waals surface area (Å²) in [7, 11) is 0. The molecule has 5 heteroatoms. The van der Waals surface area contributed by atoms with Gasteiger partial charge in [0.05, 0.1) is 5.69 Å². The first-order valence-electron chi connectivity index (χ1n) is 9.13. The normalized spacial score (nSPS) is 16.5. The highest BCUT2D eigenvalue weighted by Gasteiger charge is 2.21. The van der Waals surface area contributed by atoms with E-state index in [9.17, 15) is 9.50 Å². The Hall–Kier alpha value is -2.11. The average molecular weight is 358 g/mol. The van der Waals surface area contributed by atoms with E-state index in [2.05, 4.69) is 15.9 Å². The fourth-order valence-corrected chi connectivity index (χ4v) is 3.38. The van der Waals surface area contributed by atoms with E-state index >= 15 is 0 Å². The Bertz CT molecular complexity index is 730. The van der Waals surface area contributed by atoms with Gasteiger partial charge >= 0.3 is 0 Å². The minimum Gasteiger partial charge on any atom is -0.491 e. The van der Waals surface area contributed by atoms with Crippen molar-refractivity contribution in [3.63, 3.8) is 0 Å². The molecule has 0 saturated carbocycles. The lowest BCUT2D eigenvalue weighted by atomic mass is 10.1. The van der Waals surface area contributed by atoms with Gasteiger partial charge in [0.25, 0.3) is 0 Å². The summed E-state index contributed by atoms with van der Waals surface area (Å²) in [5, 5.41) is 10.3. The van der Waals surface area contributed by atoms with Crippen LogP contribution < -0.4 is 9.64 Å². The van der Waals surface area contributed by atoms with Gasteiger partial charge in [0.1, 0.15) is 24.3 Å². The molecule has 4 nitrogen and oxygen atoms in total. The summed E-state index contributed by atoms with van der Waals surface area (Å²) < 4.78 is 19.7. The number of nitrogens with zero attached hydrogens (tertiary/aromatic N) is 2. The van der Waals surface area contributed by atoms with Crippen molar-refractivity contribution in [3.8, 4) is 5.75 Å². The standard InChI is InChI=1S/C21H27FN2O2/c1-16-7-8-21(17(2)13-16)26-15-18(25)14-23-9-11-24(12-10-23)20-6-4-3-5-19(20)22/h3-8,13,18,25H,9-12,14-15H2,1-2H3. The van der Waals surface area contributed by atoms with E-state index in [0.29, 0.717) is 12.2 Å². The Morgan fingerprint density at radius 2 is 1.81 bits per heavy atom. The monoisotopic (exact) mass is 358 g/mol. The highest BCUT2D eigenvalue weighted by Crippen LogP contribution is 2.21. The molecule has 3 rings (SSSR count). The van der Waals surface area contributed by atoms with Crippen molar-refractivity contribution in [3.05, 3.63) is 59.4 Å². The first-order chi connectivity index (χ1) is 12.5. The number of β-amino-alcohol motifs (C(OH)–C–C–N with tert-alkyl or cyclic N) is 1. The molecule has 2 aromatic rings. The van der Waals surface area contributed by atoms with Crippen LogP contribution in [0.15, 0.2) is 42.5 Å². The van der Waals surface area contributed by atoms with Crippen LogP contribution in [0, 0.1) is 19.7 Å². The summed E-state index contributed by atoms with van der Waals surface area (Å²) in [6.45, 7) is 8.01.